The highest BCUT2D eigenvalue weighted by molar-refractivity contribution is 7.89. The summed E-state index contributed by atoms with van der Waals surface area (Å²) in [4.78, 5) is 2.07. The molecule has 0 atom stereocenters. The lowest BCUT2D eigenvalue weighted by molar-refractivity contribution is 0.168. The van der Waals surface area contributed by atoms with Gasteiger partial charge < -0.3 is 8.83 Å². The zero-order valence-corrected chi connectivity index (χ0v) is 16.9. The lowest BCUT2D eigenvalue weighted by atomic mass is 10.3. The number of furan rings is 1. The van der Waals surface area contributed by atoms with E-state index in [1.807, 2.05) is 4.90 Å². The Morgan fingerprint density at radius 2 is 1.86 bits per heavy atom. The summed E-state index contributed by atoms with van der Waals surface area (Å²) < 4.78 is 38.0. The first-order chi connectivity index (χ1) is 13.4. The molecule has 4 rings (SSSR count). The molecule has 0 radical (unpaired) electrons. The molecule has 3 heterocycles. The first-order valence-corrected chi connectivity index (χ1v) is 10.7. The Hall–Kier alpha value is -1.91. The van der Waals surface area contributed by atoms with E-state index in [1.165, 1.54) is 22.7 Å². The maximum atomic E-state index is 12.9. The van der Waals surface area contributed by atoms with Gasteiger partial charge in [0.25, 0.3) is 5.89 Å². The van der Waals surface area contributed by atoms with Gasteiger partial charge in [-0.1, -0.05) is 23.2 Å². The van der Waals surface area contributed by atoms with Crippen LogP contribution in [-0.2, 0) is 16.6 Å². The molecule has 2 aromatic heterocycles. The highest BCUT2D eigenvalue weighted by atomic mass is 35.5. The lowest BCUT2D eigenvalue weighted by Crippen LogP contribution is -2.48. The predicted molar refractivity (Wildman–Crippen MR) is 102 cm³/mol. The molecule has 0 bridgehead atoms. The smallest absolute Gasteiger partial charge is 0.283 e. The van der Waals surface area contributed by atoms with E-state index < -0.39 is 10.0 Å². The summed E-state index contributed by atoms with van der Waals surface area (Å²) in [5.74, 6) is 1.27. The fourth-order valence-corrected chi connectivity index (χ4v) is 5.11. The standard InChI is InChI=1S/C17H16Cl2N4O4S/c18-12-3-4-13(19)15(10-12)28(24,25)23-7-5-22(6-8-23)11-16-20-21-17(27-16)14-2-1-9-26-14/h1-4,9-10H,5-8,11H2. The Balaban J connectivity index is 1.40. The van der Waals surface area contributed by atoms with Crippen LogP contribution in [0.2, 0.25) is 10.0 Å². The van der Waals surface area contributed by atoms with E-state index in [4.69, 9.17) is 32.0 Å². The average Bonchev–Trinajstić information content (AvgIpc) is 3.36. The van der Waals surface area contributed by atoms with Crippen molar-refractivity contribution < 1.29 is 17.3 Å². The number of hydrogen-bond acceptors (Lipinski definition) is 7. The second-order valence-corrected chi connectivity index (χ2v) is 8.98. The van der Waals surface area contributed by atoms with E-state index in [1.54, 1.807) is 18.2 Å². The topological polar surface area (TPSA) is 92.7 Å². The first kappa shape index (κ1) is 19.4. The third-order valence-electron chi connectivity index (χ3n) is 4.40. The van der Waals surface area contributed by atoms with Crippen molar-refractivity contribution in [2.24, 2.45) is 0 Å². The van der Waals surface area contributed by atoms with Gasteiger partial charge in [0.2, 0.25) is 15.9 Å². The Labute approximate surface area is 171 Å². The molecule has 0 spiro atoms. The van der Waals surface area contributed by atoms with Crippen molar-refractivity contribution in [3.8, 4) is 11.7 Å². The van der Waals surface area contributed by atoms with Crippen LogP contribution < -0.4 is 0 Å². The molecular weight excluding hydrogens is 427 g/mol. The number of rotatable bonds is 5. The van der Waals surface area contributed by atoms with Crippen LogP contribution in [0, 0.1) is 0 Å². The highest BCUT2D eigenvalue weighted by Gasteiger charge is 2.30. The minimum Gasteiger partial charge on any atom is -0.459 e. The summed E-state index contributed by atoms with van der Waals surface area (Å²) in [7, 11) is -3.71. The van der Waals surface area contributed by atoms with Crippen LogP contribution in [0.15, 0.2) is 50.3 Å². The molecular formula is C17H16Cl2N4O4S. The van der Waals surface area contributed by atoms with Crippen LogP contribution in [0.5, 0.6) is 0 Å². The van der Waals surface area contributed by atoms with Crippen LogP contribution in [0.3, 0.4) is 0 Å². The molecule has 0 unspecified atom stereocenters. The van der Waals surface area contributed by atoms with Crippen molar-refractivity contribution >= 4 is 33.2 Å². The van der Waals surface area contributed by atoms with E-state index in [2.05, 4.69) is 10.2 Å². The number of halogens is 2. The largest absolute Gasteiger partial charge is 0.459 e. The van der Waals surface area contributed by atoms with Gasteiger partial charge in [-0.25, -0.2) is 8.42 Å². The molecule has 0 saturated carbocycles. The number of aromatic nitrogens is 2. The fourth-order valence-electron chi connectivity index (χ4n) is 2.95. The molecule has 11 heteroatoms. The molecule has 1 fully saturated rings. The van der Waals surface area contributed by atoms with Crippen molar-refractivity contribution in [2.75, 3.05) is 26.2 Å². The van der Waals surface area contributed by atoms with Gasteiger partial charge in [-0.2, -0.15) is 4.31 Å². The number of hydrogen-bond donors (Lipinski definition) is 0. The predicted octanol–water partition coefficient (Wildman–Crippen LogP) is 3.14. The summed E-state index contributed by atoms with van der Waals surface area (Å²) in [6, 6.07) is 7.90. The molecule has 3 aromatic rings. The molecule has 0 amide bonds. The summed E-state index contributed by atoms with van der Waals surface area (Å²) in [5, 5.41) is 8.47. The summed E-state index contributed by atoms with van der Waals surface area (Å²) in [6.45, 7) is 2.12. The minimum atomic E-state index is -3.71. The number of benzene rings is 1. The van der Waals surface area contributed by atoms with Crippen molar-refractivity contribution in [2.45, 2.75) is 11.4 Å². The van der Waals surface area contributed by atoms with Crippen molar-refractivity contribution in [3.63, 3.8) is 0 Å². The molecule has 1 aliphatic heterocycles. The zero-order chi connectivity index (χ0) is 19.7. The second kappa shape index (κ2) is 7.84. The monoisotopic (exact) mass is 442 g/mol. The van der Waals surface area contributed by atoms with Gasteiger partial charge >= 0.3 is 0 Å². The minimum absolute atomic E-state index is 0.0232. The lowest BCUT2D eigenvalue weighted by Gasteiger charge is -2.33. The summed E-state index contributed by atoms with van der Waals surface area (Å²) >= 11 is 12.0. The van der Waals surface area contributed by atoms with Crippen LogP contribution in [-0.4, -0.2) is 54.0 Å². The first-order valence-electron chi connectivity index (χ1n) is 8.47. The van der Waals surface area contributed by atoms with Gasteiger partial charge in [0.1, 0.15) is 4.90 Å². The van der Waals surface area contributed by atoms with Gasteiger partial charge in [-0.15, -0.1) is 10.2 Å². The summed E-state index contributed by atoms with van der Waals surface area (Å²) in [6.07, 6.45) is 1.53. The van der Waals surface area contributed by atoms with E-state index in [0.717, 1.165) is 0 Å². The normalized spacial score (nSPS) is 16.5. The van der Waals surface area contributed by atoms with Gasteiger partial charge in [0.05, 0.1) is 17.8 Å². The molecule has 0 N–H and O–H groups in total. The average molecular weight is 443 g/mol. The zero-order valence-electron chi connectivity index (χ0n) is 14.6. The maximum Gasteiger partial charge on any atom is 0.283 e. The third-order valence-corrected chi connectivity index (χ3v) is 7.02. The molecule has 148 valence electrons. The van der Waals surface area contributed by atoms with Gasteiger partial charge in [0.15, 0.2) is 5.76 Å². The molecule has 0 aliphatic carbocycles. The molecule has 8 nitrogen and oxygen atoms in total. The van der Waals surface area contributed by atoms with Crippen LogP contribution in [0.25, 0.3) is 11.7 Å². The number of nitrogens with zero attached hydrogens (tertiary/aromatic N) is 4. The Kier molecular flexibility index (Phi) is 5.44. The van der Waals surface area contributed by atoms with Gasteiger partial charge in [0, 0.05) is 31.2 Å². The van der Waals surface area contributed by atoms with E-state index in [9.17, 15) is 8.42 Å². The second-order valence-electron chi connectivity index (χ2n) is 6.23. The van der Waals surface area contributed by atoms with Crippen LogP contribution >= 0.6 is 23.2 Å². The Bertz CT molecular complexity index is 1060. The van der Waals surface area contributed by atoms with Crippen LogP contribution in [0.4, 0.5) is 0 Å². The maximum absolute atomic E-state index is 12.9. The van der Waals surface area contributed by atoms with Crippen LogP contribution in [0.1, 0.15) is 5.89 Å². The molecule has 28 heavy (non-hydrogen) atoms. The number of sulfonamides is 1. The van der Waals surface area contributed by atoms with Gasteiger partial charge in [-0.05, 0) is 30.3 Å². The van der Waals surface area contributed by atoms with Crippen molar-refractivity contribution in [1.29, 1.82) is 0 Å². The third kappa shape index (κ3) is 3.94. The molecule has 1 saturated heterocycles. The SMILES string of the molecule is O=S(=O)(c1cc(Cl)ccc1Cl)N1CCN(Cc2nnc(-c3ccco3)o2)CC1. The van der Waals surface area contributed by atoms with E-state index in [0.29, 0.717) is 55.3 Å². The van der Waals surface area contributed by atoms with Crippen molar-refractivity contribution in [3.05, 3.63) is 52.5 Å². The Morgan fingerprint density at radius 1 is 1.07 bits per heavy atom. The van der Waals surface area contributed by atoms with E-state index in [-0.39, 0.29) is 9.92 Å². The van der Waals surface area contributed by atoms with Crippen molar-refractivity contribution in [1.82, 2.24) is 19.4 Å². The Morgan fingerprint density at radius 3 is 2.57 bits per heavy atom. The summed E-state index contributed by atoms with van der Waals surface area (Å²) in [5.41, 5.74) is 0. The molecule has 1 aliphatic rings. The van der Waals surface area contributed by atoms with Gasteiger partial charge in [-0.3, -0.25) is 4.90 Å². The molecule has 1 aromatic carbocycles. The number of piperazine rings is 1. The fraction of sp³-hybridized carbons (Fsp3) is 0.294. The highest BCUT2D eigenvalue weighted by Crippen LogP contribution is 2.28. The quantitative estimate of drug-likeness (QED) is 0.598. The van der Waals surface area contributed by atoms with E-state index >= 15 is 0 Å².